The third-order valence-corrected chi connectivity index (χ3v) is 6.11. The molecule has 1 aromatic carbocycles. The molecule has 1 saturated heterocycles. The van der Waals surface area contributed by atoms with Gasteiger partial charge in [-0.2, -0.15) is 4.98 Å². The van der Waals surface area contributed by atoms with Crippen LogP contribution < -0.4 is 20.9 Å². The Hall–Kier alpha value is -3.37. The zero-order valence-corrected chi connectivity index (χ0v) is 19.5. The molecule has 2 aromatic heterocycles. The van der Waals surface area contributed by atoms with Crippen LogP contribution in [0.25, 0.3) is 0 Å². The number of piperidine rings is 1. The van der Waals surface area contributed by atoms with Crippen molar-refractivity contribution in [2.24, 2.45) is 0 Å². The molecule has 0 spiro atoms. The summed E-state index contributed by atoms with van der Waals surface area (Å²) < 4.78 is 12.2. The first-order chi connectivity index (χ1) is 16.0. The lowest BCUT2D eigenvalue weighted by Gasteiger charge is -2.27. The van der Waals surface area contributed by atoms with Gasteiger partial charge in [0.1, 0.15) is 12.1 Å². The Morgan fingerprint density at radius 3 is 2.48 bits per heavy atom. The van der Waals surface area contributed by atoms with Gasteiger partial charge in [0, 0.05) is 31.4 Å². The maximum absolute atomic E-state index is 12.2. The van der Waals surface area contributed by atoms with Crippen LogP contribution in [0.2, 0.25) is 0 Å². The number of pyridine rings is 1. The molecular formula is C23H27N7O2S. The van der Waals surface area contributed by atoms with Crippen molar-refractivity contribution in [1.29, 1.82) is 0 Å². The van der Waals surface area contributed by atoms with Crippen molar-refractivity contribution in [2.75, 3.05) is 40.2 Å². The minimum Gasteiger partial charge on any atom is -0.612 e. The summed E-state index contributed by atoms with van der Waals surface area (Å²) in [6.07, 6.45) is 8.56. The summed E-state index contributed by atoms with van der Waals surface area (Å²) >= 11 is -1.29. The number of carbonyl (C=O) groups is 1. The highest BCUT2D eigenvalue weighted by molar-refractivity contribution is 7.90. The Kier molecular flexibility index (Phi) is 7.26. The molecule has 9 nitrogen and oxygen atoms in total. The van der Waals surface area contributed by atoms with Crippen LogP contribution in [-0.2, 0) is 16.0 Å². The van der Waals surface area contributed by atoms with Gasteiger partial charge < -0.3 is 25.4 Å². The molecule has 1 fully saturated rings. The molecule has 4 rings (SSSR count). The van der Waals surface area contributed by atoms with Crippen LogP contribution >= 0.6 is 0 Å². The van der Waals surface area contributed by atoms with E-state index in [2.05, 4.69) is 35.8 Å². The highest BCUT2D eigenvalue weighted by atomic mass is 32.2. The second-order valence-corrected chi connectivity index (χ2v) is 9.17. The average Bonchev–Trinajstić information content (AvgIpc) is 2.80. The minimum atomic E-state index is -1.29. The lowest BCUT2D eigenvalue weighted by Crippen LogP contribution is -2.29. The van der Waals surface area contributed by atoms with E-state index in [-0.39, 0.29) is 5.91 Å². The number of hydrogen-bond donors (Lipinski definition) is 3. The number of hydrogen-bond acceptors (Lipinski definition) is 8. The molecule has 0 radical (unpaired) electrons. The van der Waals surface area contributed by atoms with Gasteiger partial charge in [0.15, 0.2) is 5.82 Å². The summed E-state index contributed by atoms with van der Waals surface area (Å²) in [5, 5.41) is 9.10. The second kappa shape index (κ2) is 10.5. The van der Waals surface area contributed by atoms with Crippen LogP contribution in [0, 0.1) is 0 Å². The molecule has 1 amide bonds. The van der Waals surface area contributed by atoms with Crippen LogP contribution in [0.4, 0.5) is 34.6 Å². The van der Waals surface area contributed by atoms with E-state index in [1.807, 2.05) is 24.3 Å². The largest absolute Gasteiger partial charge is 0.612 e. The number of rotatable bonds is 7. The Bertz CT molecular complexity index is 1100. The minimum absolute atomic E-state index is 0.157. The first-order valence-electron chi connectivity index (χ1n) is 10.8. The fourth-order valence-corrected chi connectivity index (χ4v) is 4.21. The first kappa shape index (κ1) is 22.8. The Morgan fingerprint density at radius 2 is 1.79 bits per heavy atom. The summed E-state index contributed by atoms with van der Waals surface area (Å²) in [6.45, 7) is 3.53. The molecule has 33 heavy (non-hydrogen) atoms. The summed E-state index contributed by atoms with van der Waals surface area (Å²) in [4.78, 5) is 27.5. The van der Waals surface area contributed by atoms with Crippen LogP contribution in [0.3, 0.4) is 0 Å². The van der Waals surface area contributed by atoms with Gasteiger partial charge >= 0.3 is 0 Å². The van der Waals surface area contributed by atoms with E-state index in [0.29, 0.717) is 28.0 Å². The van der Waals surface area contributed by atoms with Gasteiger partial charge in [-0.1, -0.05) is 6.07 Å². The molecule has 3 heterocycles. The summed E-state index contributed by atoms with van der Waals surface area (Å²) in [6, 6.07) is 11.2. The SMILES string of the molecule is CC(=O)Nc1cccc(Nc2nc(Nc3ccc(N4CCCCC4)nc3)ncc2[S+](C)[O-])c1. The topological polar surface area (TPSA) is 118 Å². The van der Waals surface area contributed by atoms with Crippen molar-refractivity contribution < 1.29 is 9.35 Å². The normalized spacial score (nSPS) is 14.5. The predicted octanol–water partition coefficient (Wildman–Crippen LogP) is 4.04. The molecule has 172 valence electrons. The van der Waals surface area contributed by atoms with Crippen molar-refractivity contribution in [3.05, 3.63) is 48.8 Å². The fraction of sp³-hybridized carbons (Fsp3) is 0.304. The van der Waals surface area contributed by atoms with Gasteiger partial charge in [0.05, 0.1) is 18.1 Å². The van der Waals surface area contributed by atoms with Crippen molar-refractivity contribution in [1.82, 2.24) is 15.0 Å². The monoisotopic (exact) mass is 465 g/mol. The van der Waals surface area contributed by atoms with Crippen LogP contribution in [0.5, 0.6) is 0 Å². The third kappa shape index (κ3) is 6.11. The summed E-state index contributed by atoms with van der Waals surface area (Å²) in [7, 11) is 0. The quantitative estimate of drug-likeness (QED) is 0.447. The van der Waals surface area contributed by atoms with E-state index in [4.69, 9.17) is 0 Å². The molecule has 1 atom stereocenters. The zero-order chi connectivity index (χ0) is 23.2. The van der Waals surface area contributed by atoms with E-state index >= 15 is 0 Å². The number of aromatic nitrogens is 3. The van der Waals surface area contributed by atoms with E-state index in [0.717, 1.165) is 24.6 Å². The lowest BCUT2D eigenvalue weighted by atomic mass is 10.1. The Morgan fingerprint density at radius 1 is 1.00 bits per heavy atom. The first-order valence-corrected chi connectivity index (χ1v) is 12.4. The number of amides is 1. The molecule has 1 aliphatic heterocycles. The number of nitrogens with zero attached hydrogens (tertiary/aromatic N) is 4. The van der Waals surface area contributed by atoms with Gasteiger partial charge in [-0.15, -0.1) is 0 Å². The van der Waals surface area contributed by atoms with Crippen molar-refractivity contribution in [3.8, 4) is 0 Å². The molecule has 0 aliphatic carbocycles. The number of anilines is 6. The second-order valence-electron chi connectivity index (χ2n) is 7.83. The van der Waals surface area contributed by atoms with Crippen LogP contribution in [0.15, 0.2) is 53.7 Å². The highest BCUT2D eigenvalue weighted by Gasteiger charge is 2.17. The molecule has 0 saturated carbocycles. The van der Waals surface area contributed by atoms with Gasteiger partial charge in [-0.25, -0.2) is 9.97 Å². The van der Waals surface area contributed by atoms with Crippen molar-refractivity contribution >= 4 is 51.7 Å². The van der Waals surface area contributed by atoms with Gasteiger partial charge in [0.2, 0.25) is 16.8 Å². The average molecular weight is 466 g/mol. The standard InChI is InChI=1S/C23H27N7O2S/c1-16(31)26-17-7-6-8-18(13-17)27-22-20(33(2)32)15-25-23(29-22)28-19-9-10-21(24-14-19)30-11-4-3-5-12-30/h6-10,13-15H,3-5,11-12H2,1-2H3,(H,26,31)(H2,25,27,28,29). The Labute approximate surface area is 196 Å². The summed E-state index contributed by atoms with van der Waals surface area (Å²) in [5.74, 6) is 1.60. The van der Waals surface area contributed by atoms with Crippen LogP contribution in [-0.4, -0.2) is 44.8 Å². The smallest absolute Gasteiger partial charge is 0.229 e. The van der Waals surface area contributed by atoms with Gasteiger partial charge in [-0.3, -0.25) is 4.79 Å². The molecule has 3 aromatic rings. The number of carbonyl (C=O) groups excluding carboxylic acids is 1. The molecule has 10 heteroatoms. The lowest BCUT2D eigenvalue weighted by molar-refractivity contribution is -0.114. The number of nitrogens with one attached hydrogen (secondary N) is 3. The maximum Gasteiger partial charge on any atom is 0.229 e. The van der Waals surface area contributed by atoms with Crippen molar-refractivity contribution in [2.45, 2.75) is 31.1 Å². The third-order valence-electron chi connectivity index (χ3n) is 5.19. The Balaban J connectivity index is 1.52. The van der Waals surface area contributed by atoms with E-state index in [1.165, 1.54) is 26.2 Å². The predicted molar refractivity (Wildman–Crippen MR) is 132 cm³/mol. The molecule has 3 N–H and O–H groups in total. The van der Waals surface area contributed by atoms with E-state index in [9.17, 15) is 9.35 Å². The summed E-state index contributed by atoms with van der Waals surface area (Å²) in [5.41, 5.74) is 2.11. The fourth-order valence-electron chi connectivity index (χ4n) is 3.64. The number of benzene rings is 1. The molecular weight excluding hydrogens is 438 g/mol. The van der Waals surface area contributed by atoms with Gasteiger partial charge in [0.25, 0.3) is 0 Å². The van der Waals surface area contributed by atoms with Crippen LogP contribution in [0.1, 0.15) is 26.2 Å². The van der Waals surface area contributed by atoms with Crippen molar-refractivity contribution in [3.63, 3.8) is 0 Å². The molecule has 1 unspecified atom stereocenters. The highest BCUT2D eigenvalue weighted by Crippen LogP contribution is 2.26. The molecule has 1 aliphatic rings. The van der Waals surface area contributed by atoms with E-state index < -0.39 is 11.2 Å². The zero-order valence-electron chi connectivity index (χ0n) is 18.7. The van der Waals surface area contributed by atoms with E-state index in [1.54, 1.807) is 30.8 Å². The molecule has 0 bridgehead atoms. The maximum atomic E-state index is 12.2. The van der Waals surface area contributed by atoms with Gasteiger partial charge in [-0.05, 0) is 60.8 Å².